The molecule has 1 atom stereocenters. The van der Waals surface area contributed by atoms with Crippen LogP contribution in [0.15, 0.2) is 12.1 Å². The van der Waals surface area contributed by atoms with Crippen molar-refractivity contribution in [2.24, 2.45) is 5.92 Å². The van der Waals surface area contributed by atoms with Crippen LogP contribution in [0.2, 0.25) is 15.2 Å². The lowest BCUT2D eigenvalue weighted by Crippen LogP contribution is -2.43. The van der Waals surface area contributed by atoms with Crippen molar-refractivity contribution in [3.63, 3.8) is 0 Å². The number of amides is 1. The average Bonchev–Trinajstić information content (AvgIpc) is 3.06. The summed E-state index contributed by atoms with van der Waals surface area (Å²) in [5.41, 5.74) is 1.25. The first kappa shape index (κ1) is 19.5. The van der Waals surface area contributed by atoms with Gasteiger partial charge in [0.1, 0.15) is 0 Å². The number of hydrogen-bond acceptors (Lipinski definition) is 4. The molecule has 2 heterocycles. The average molecular weight is 416 g/mol. The van der Waals surface area contributed by atoms with Gasteiger partial charge in [-0.2, -0.15) is 0 Å². The van der Waals surface area contributed by atoms with Crippen molar-refractivity contribution >= 4 is 57.6 Å². The van der Waals surface area contributed by atoms with E-state index in [-0.39, 0.29) is 17.9 Å². The molecule has 1 aromatic heterocycles. The Kier molecular flexibility index (Phi) is 5.80. The lowest BCUT2D eigenvalue weighted by Gasteiger charge is -2.29. The molecular formula is C18H21Cl3N4O. The molecule has 1 fully saturated rings. The number of fused-ring (bicyclic) bond motifs is 1. The third-order valence-electron chi connectivity index (χ3n) is 4.67. The molecule has 140 valence electrons. The van der Waals surface area contributed by atoms with Crippen LogP contribution in [-0.4, -0.2) is 46.5 Å². The third-order valence-corrected chi connectivity index (χ3v) is 5.64. The van der Waals surface area contributed by atoms with Crippen molar-refractivity contribution < 1.29 is 4.79 Å². The molecule has 0 N–H and O–H groups in total. The van der Waals surface area contributed by atoms with Crippen LogP contribution < -0.4 is 4.90 Å². The van der Waals surface area contributed by atoms with Crippen molar-refractivity contribution in [3.8, 4) is 0 Å². The minimum absolute atomic E-state index is 0.0139. The summed E-state index contributed by atoms with van der Waals surface area (Å²) in [6.45, 7) is 8.02. The Hall–Kier alpha value is -1.30. The number of halogens is 3. The molecule has 0 unspecified atom stereocenters. The van der Waals surface area contributed by atoms with Gasteiger partial charge < -0.3 is 9.80 Å². The minimum Gasteiger partial charge on any atom is -0.352 e. The van der Waals surface area contributed by atoms with Gasteiger partial charge in [0.25, 0.3) is 0 Å². The van der Waals surface area contributed by atoms with Gasteiger partial charge in [0.2, 0.25) is 5.91 Å². The number of anilines is 1. The fourth-order valence-corrected chi connectivity index (χ4v) is 3.90. The maximum Gasteiger partial charge on any atom is 0.225 e. The van der Waals surface area contributed by atoms with Crippen LogP contribution in [0, 0.1) is 5.92 Å². The first-order valence-corrected chi connectivity index (χ1v) is 9.83. The molecule has 0 spiro atoms. The zero-order valence-corrected chi connectivity index (χ0v) is 17.2. The van der Waals surface area contributed by atoms with Crippen molar-refractivity contribution in [1.29, 1.82) is 0 Å². The van der Waals surface area contributed by atoms with E-state index in [4.69, 9.17) is 34.8 Å². The monoisotopic (exact) mass is 414 g/mol. The molecule has 1 saturated heterocycles. The van der Waals surface area contributed by atoms with E-state index in [1.807, 2.05) is 25.7 Å². The molecule has 0 saturated carbocycles. The van der Waals surface area contributed by atoms with E-state index in [0.29, 0.717) is 45.1 Å². The van der Waals surface area contributed by atoms with Crippen LogP contribution in [0.4, 0.5) is 5.82 Å². The van der Waals surface area contributed by atoms with E-state index in [1.165, 1.54) is 0 Å². The largest absolute Gasteiger partial charge is 0.352 e. The van der Waals surface area contributed by atoms with Gasteiger partial charge in [-0.1, -0.05) is 48.7 Å². The number of hydrogen-bond donors (Lipinski definition) is 0. The quantitative estimate of drug-likeness (QED) is 0.728. The van der Waals surface area contributed by atoms with E-state index in [1.54, 1.807) is 12.1 Å². The van der Waals surface area contributed by atoms with Crippen LogP contribution in [0.1, 0.15) is 27.2 Å². The van der Waals surface area contributed by atoms with Gasteiger partial charge in [-0.3, -0.25) is 4.79 Å². The summed E-state index contributed by atoms with van der Waals surface area (Å²) in [6, 6.07) is 3.51. The van der Waals surface area contributed by atoms with Crippen LogP contribution in [-0.2, 0) is 4.79 Å². The molecule has 1 aliphatic rings. The van der Waals surface area contributed by atoms with E-state index < -0.39 is 0 Å². The van der Waals surface area contributed by atoms with Gasteiger partial charge in [0.15, 0.2) is 11.0 Å². The molecule has 26 heavy (non-hydrogen) atoms. The summed E-state index contributed by atoms with van der Waals surface area (Å²) >= 11 is 18.5. The third kappa shape index (κ3) is 3.71. The van der Waals surface area contributed by atoms with Crippen LogP contribution in [0.3, 0.4) is 0 Å². The topological polar surface area (TPSA) is 49.3 Å². The van der Waals surface area contributed by atoms with E-state index in [2.05, 4.69) is 14.9 Å². The predicted molar refractivity (Wildman–Crippen MR) is 107 cm³/mol. The first-order chi connectivity index (χ1) is 12.3. The Bertz CT molecular complexity index is 843. The van der Waals surface area contributed by atoms with Crippen LogP contribution in [0.25, 0.3) is 11.0 Å². The number of rotatable bonds is 4. The highest BCUT2D eigenvalue weighted by atomic mass is 35.5. The molecule has 1 aliphatic heterocycles. The SMILES string of the molecule is CCN(C(=O)C(C)C)[C@H]1CCN(c2nc3cc(Cl)c(Cl)cc3nc2Cl)C1. The van der Waals surface area contributed by atoms with Crippen LogP contribution in [0.5, 0.6) is 0 Å². The summed E-state index contributed by atoms with van der Waals surface area (Å²) in [5, 5.41) is 1.18. The number of carbonyl (C=O) groups excluding carboxylic acids is 1. The number of aromatic nitrogens is 2. The first-order valence-electron chi connectivity index (χ1n) is 8.69. The Morgan fingerprint density at radius 1 is 1.23 bits per heavy atom. The summed E-state index contributed by atoms with van der Waals surface area (Å²) < 4.78 is 0. The molecular weight excluding hydrogens is 395 g/mol. The Morgan fingerprint density at radius 2 is 1.85 bits per heavy atom. The summed E-state index contributed by atoms with van der Waals surface area (Å²) in [7, 11) is 0. The van der Waals surface area contributed by atoms with Gasteiger partial charge in [-0.15, -0.1) is 0 Å². The molecule has 2 aromatic rings. The highest BCUT2D eigenvalue weighted by Gasteiger charge is 2.32. The van der Waals surface area contributed by atoms with Crippen molar-refractivity contribution in [3.05, 3.63) is 27.3 Å². The summed E-state index contributed by atoms with van der Waals surface area (Å²) in [4.78, 5) is 25.5. The molecule has 5 nitrogen and oxygen atoms in total. The number of likely N-dealkylation sites (N-methyl/N-ethyl adjacent to an activating group) is 1. The van der Waals surface area contributed by atoms with Gasteiger partial charge >= 0.3 is 0 Å². The minimum atomic E-state index is -0.0139. The normalized spacial score (nSPS) is 17.3. The Labute approximate surface area is 168 Å². The Morgan fingerprint density at radius 3 is 2.42 bits per heavy atom. The van der Waals surface area contributed by atoms with E-state index in [0.717, 1.165) is 13.0 Å². The molecule has 1 amide bonds. The lowest BCUT2D eigenvalue weighted by atomic mass is 10.1. The highest BCUT2D eigenvalue weighted by Crippen LogP contribution is 2.32. The smallest absolute Gasteiger partial charge is 0.225 e. The second kappa shape index (κ2) is 7.75. The van der Waals surface area contributed by atoms with Crippen molar-refractivity contribution in [2.75, 3.05) is 24.5 Å². The number of carbonyl (C=O) groups is 1. The fourth-order valence-electron chi connectivity index (χ4n) is 3.34. The van der Waals surface area contributed by atoms with E-state index in [9.17, 15) is 4.79 Å². The van der Waals surface area contributed by atoms with Gasteiger partial charge in [-0.05, 0) is 25.5 Å². The second-order valence-corrected chi connectivity index (χ2v) is 7.93. The van der Waals surface area contributed by atoms with E-state index >= 15 is 0 Å². The molecule has 0 radical (unpaired) electrons. The lowest BCUT2D eigenvalue weighted by molar-refractivity contribution is -0.136. The molecule has 8 heteroatoms. The second-order valence-electron chi connectivity index (χ2n) is 6.76. The Balaban J connectivity index is 1.87. The molecule has 0 bridgehead atoms. The predicted octanol–water partition coefficient (Wildman–Crippen LogP) is 4.67. The molecule has 0 aliphatic carbocycles. The standard InChI is InChI=1S/C18H21Cl3N4O/c1-4-25(18(26)10(2)3)11-5-6-24(9-11)17-16(21)22-14-7-12(19)13(20)8-15(14)23-17/h7-8,10-11H,4-6,9H2,1-3H3/t11-/m0/s1. The van der Waals surface area contributed by atoms with Crippen molar-refractivity contribution in [1.82, 2.24) is 14.9 Å². The van der Waals surface area contributed by atoms with Crippen molar-refractivity contribution in [2.45, 2.75) is 33.2 Å². The number of benzene rings is 1. The van der Waals surface area contributed by atoms with Gasteiger partial charge in [-0.25, -0.2) is 9.97 Å². The maximum atomic E-state index is 12.4. The van der Waals surface area contributed by atoms with Crippen LogP contribution >= 0.6 is 34.8 Å². The summed E-state index contributed by atoms with van der Waals surface area (Å²) in [5.74, 6) is 0.782. The van der Waals surface area contributed by atoms with Gasteiger partial charge in [0.05, 0.1) is 27.1 Å². The maximum absolute atomic E-state index is 12.4. The molecule has 1 aromatic carbocycles. The summed E-state index contributed by atoms with van der Waals surface area (Å²) in [6.07, 6.45) is 0.879. The zero-order valence-electron chi connectivity index (χ0n) is 15.0. The fraction of sp³-hybridized carbons (Fsp3) is 0.500. The van der Waals surface area contributed by atoms with Gasteiger partial charge in [0, 0.05) is 25.6 Å². The molecule has 3 rings (SSSR count). The highest BCUT2D eigenvalue weighted by molar-refractivity contribution is 6.42. The number of nitrogens with zero attached hydrogens (tertiary/aromatic N) is 4. The zero-order chi connectivity index (χ0) is 19.0.